The molecule has 2 saturated heterocycles. The number of nitrogens with zero attached hydrogens (tertiary/aromatic N) is 6. The zero-order valence-electron chi connectivity index (χ0n) is 35.0. The average Bonchev–Trinajstić information content (AvgIpc) is 3.65. The highest BCUT2D eigenvalue weighted by molar-refractivity contribution is 5.93. The van der Waals surface area contributed by atoms with E-state index in [0.717, 1.165) is 102 Å². The molecule has 9 heteroatoms. The van der Waals surface area contributed by atoms with Gasteiger partial charge in [-0.25, -0.2) is 0 Å². The van der Waals surface area contributed by atoms with E-state index in [4.69, 9.17) is 14.1 Å². The molecule has 2 aromatic carbocycles. The maximum atomic E-state index is 5.74. The van der Waals surface area contributed by atoms with Crippen LogP contribution in [0.1, 0.15) is 84.2 Å². The average molecular weight is 735 g/mol. The van der Waals surface area contributed by atoms with Gasteiger partial charge in [0.2, 0.25) is 0 Å². The first-order valence-corrected chi connectivity index (χ1v) is 20.3. The van der Waals surface area contributed by atoms with Crippen LogP contribution in [0.3, 0.4) is 0 Å². The standard InChI is InChI=1S/C19H27N3O2.C19H29N3O.3C2H6/c1-16-3-5-19(6-4-16)22-10-8-21(9-11-22)12-14-23-13-7-18-15-17(2)24-20-18;1-3-18(20-23-2)10-6-5-9-13-21-14-16-22(17-15-21)19-11-7-4-8-12-19;3*1-2/h3-6,15H,7-14H2,1-2H3;3-4,7-8,11-12H,1,5-6,9-10,13-17H2,2H3;3*1-2H3/b;20-18+;;;. The molecule has 0 bridgehead atoms. The van der Waals surface area contributed by atoms with Gasteiger partial charge in [-0.05, 0) is 70.0 Å². The number of aromatic nitrogens is 1. The van der Waals surface area contributed by atoms with E-state index in [1.54, 1.807) is 13.2 Å². The third kappa shape index (κ3) is 19.8. The fourth-order valence-corrected chi connectivity index (χ4v) is 5.98. The van der Waals surface area contributed by atoms with Crippen molar-refractivity contribution in [2.75, 3.05) is 95.6 Å². The summed E-state index contributed by atoms with van der Waals surface area (Å²) in [7, 11) is 1.58. The lowest BCUT2D eigenvalue weighted by Crippen LogP contribution is -2.47. The Hall–Kier alpha value is -3.66. The van der Waals surface area contributed by atoms with E-state index in [-0.39, 0.29) is 0 Å². The predicted molar refractivity (Wildman–Crippen MR) is 228 cm³/mol. The predicted octanol–water partition coefficient (Wildman–Crippen LogP) is 9.31. The number of ether oxygens (including phenoxy) is 1. The smallest absolute Gasteiger partial charge is 0.133 e. The summed E-state index contributed by atoms with van der Waals surface area (Å²) >= 11 is 0. The molecule has 0 spiro atoms. The quantitative estimate of drug-likeness (QED) is 0.0820. The van der Waals surface area contributed by atoms with E-state index in [1.807, 2.05) is 54.5 Å². The Bertz CT molecular complexity index is 1300. The second-order valence-electron chi connectivity index (χ2n) is 12.4. The zero-order valence-corrected chi connectivity index (χ0v) is 35.0. The summed E-state index contributed by atoms with van der Waals surface area (Å²) < 4.78 is 10.8. The van der Waals surface area contributed by atoms with Crippen LogP contribution in [0.4, 0.5) is 11.4 Å². The first-order chi connectivity index (χ1) is 26.0. The minimum Gasteiger partial charge on any atom is -0.399 e. The van der Waals surface area contributed by atoms with Crippen LogP contribution in [-0.2, 0) is 16.0 Å². The van der Waals surface area contributed by atoms with Gasteiger partial charge < -0.3 is 23.9 Å². The van der Waals surface area contributed by atoms with Crippen molar-refractivity contribution in [3.63, 3.8) is 0 Å². The fourth-order valence-electron chi connectivity index (χ4n) is 5.98. The van der Waals surface area contributed by atoms with Crippen molar-refractivity contribution in [2.24, 2.45) is 5.16 Å². The van der Waals surface area contributed by atoms with Crippen LogP contribution < -0.4 is 9.80 Å². The maximum Gasteiger partial charge on any atom is 0.133 e. The lowest BCUT2D eigenvalue weighted by Gasteiger charge is -2.36. The van der Waals surface area contributed by atoms with Gasteiger partial charge in [-0.3, -0.25) is 9.80 Å². The third-order valence-corrected chi connectivity index (χ3v) is 8.85. The van der Waals surface area contributed by atoms with E-state index in [9.17, 15) is 0 Å². The number of allylic oxidation sites excluding steroid dienone is 1. The zero-order chi connectivity index (χ0) is 39.1. The highest BCUT2D eigenvalue weighted by Gasteiger charge is 2.17. The SMILES string of the molecule is C=C/C(CCCCCN1CCN(c2ccccc2)CC1)=N\OC.CC.CC.CC.Cc1ccc(N2CCN(CCOCCc3cc(C)on3)CC2)cc1. The Balaban J connectivity index is 0.000000465. The highest BCUT2D eigenvalue weighted by atomic mass is 16.6. The third-order valence-electron chi connectivity index (χ3n) is 8.85. The second-order valence-corrected chi connectivity index (χ2v) is 12.4. The van der Waals surface area contributed by atoms with Gasteiger partial charge >= 0.3 is 0 Å². The Morgan fingerprint density at radius 3 is 1.83 bits per heavy atom. The normalized spacial score (nSPS) is 14.6. The molecule has 0 saturated carbocycles. The number of hydrogen-bond donors (Lipinski definition) is 0. The van der Waals surface area contributed by atoms with Crippen LogP contribution in [0.25, 0.3) is 0 Å². The molecule has 9 nitrogen and oxygen atoms in total. The molecule has 0 amide bonds. The van der Waals surface area contributed by atoms with Crippen LogP contribution in [-0.4, -0.2) is 106 Å². The summed E-state index contributed by atoms with van der Waals surface area (Å²) in [6.45, 7) is 32.4. The van der Waals surface area contributed by atoms with Crippen molar-refractivity contribution in [3.05, 3.63) is 90.3 Å². The van der Waals surface area contributed by atoms with Gasteiger partial charge in [-0.2, -0.15) is 0 Å². The molecule has 1 aromatic heterocycles. The van der Waals surface area contributed by atoms with Crippen LogP contribution in [0, 0.1) is 13.8 Å². The molecule has 3 aromatic rings. The highest BCUT2D eigenvalue weighted by Crippen LogP contribution is 2.18. The van der Waals surface area contributed by atoms with Gasteiger partial charge in [0.05, 0.1) is 24.6 Å². The molecule has 0 aliphatic carbocycles. The molecule has 0 radical (unpaired) electrons. The van der Waals surface area contributed by atoms with Crippen LogP contribution in [0.5, 0.6) is 0 Å². The minimum absolute atomic E-state index is 0.704. The lowest BCUT2D eigenvalue weighted by molar-refractivity contribution is 0.103. The second kappa shape index (κ2) is 30.8. The first-order valence-electron chi connectivity index (χ1n) is 20.3. The Morgan fingerprint density at radius 2 is 1.30 bits per heavy atom. The number of piperazine rings is 2. The number of unbranched alkanes of at least 4 members (excludes halogenated alkanes) is 2. The molecule has 2 fully saturated rings. The molecule has 0 atom stereocenters. The Labute approximate surface area is 324 Å². The van der Waals surface area contributed by atoms with Crippen LogP contribution >= 0.6 is 0 Å². The van der Waals surface area contributed by atoms with Gasteiger partial charge in [0.15, 0.2) is 0 Å². The van der Waals surface area contributed by atoms with Gasteiger partial charge in [0.1, 0.15) is 12.9 Å². The van der Waals surface area contributed by atoms with E-state index in [2.05, 4.69) is 98.0 Å². The van der Waals surface area contributed by atoms with E-state index in [0.29, 0.717) is 6.61 Å². The number of benzene rings is 2. The maximum absolute atomic E-state index is 5.74. The molecule has 5 rings (SSSR count). The van der Waals surface area contributed by atoms with Gasteiger partial charge in [0, 0.05) is 82.8 Å². The Morgan fingerprint density at radius 1 is 0.736 bits per heavy atom. The molecule has 0 N–H and O–H groups in total. The molecule has 2 aliphatic rings. The summed E-state index contributed by atoms with van der Waals surface area (Å²) in [5, 5.41) is 7.92. The number of oxime groups is 1. The van der Waals surface area contributed by atoms with Gasteiger partial charge in [0.25, 0.3) is 0 Å². The van der Waals surface area contributed by atoms with Crippen molar-refractivity contribution >= 4 is 17.1 Å². The number of anilines is 2. The first kappa shape index (κ1) is 47.4. The molecule has 53 heavy (non-hydrogen) atoms. The van der Waals surface area contributed by atoms with E-state index < -0.39 is 0 Å². The summed E-state index contributed by atoms with van der Waals surface area (Å²) in [6, 6.07) is 21.5. The van der Waals surface area contributed by atoms with Crippen molar-refractivity contribution in [1.82, 2.24) is 15.0 Å². The van der Waals surface area contributed by atoms with Crippen LogP contribution in [0.2, 0.25) is 0 Å². The number of hydrogen-bond acceptors (Lipinski definition) is 9. The number of para-hydroxylation sites is 1. The van der Waals surface area contributed by atoms with Crippen LogP contribution in [0.15, 0.2) is 83.0 Å². The summed E-state index contributed by atoms with van der Waals surface area (Å²) in [5.74, 6) is 0.858. The Kier molecular flexibility index (Phi) is 27.5. The van der Waals surface area contributed by atoms with Gasteiger partial charge in [-0.1, -0.05) is 101 Å². The monoisotopic (exact) mass is 735 g/mol. The van der Waals surface area contributed by atoms with Crippen molar-refractivity contribution in [1.29, 1.82) is 0 Å². The molecular weight excluding hydrogens is 661 g/mol. The fraction of sp³-hybridized carbons (Fsp3) is 0.591. The molecule has 3 heterocycles. The van der Waals surface area contributed by atoms with Crippen molar-refractivity contribution in [2.45, 2.75) is 87.5 Å². The lowest BCUT2D eigenvalue weighted by atomic mass is 10.1. The minimum atomic E-state index is 0.704. The summed E-state index contributed by atoms with van der Waals surface area (Å²) in [4.78, 5) is 14.8. The van der Waals surface area contributed by atoms with Crippen molar-refractivity contribution < 1.29 is 14.1 Å². The summed E-state index contributed by atoms with van der Waals surface area (Å²) in [5.41, 5.74) is 5.92. The summed E-state index contributed by atoms with van der Waals surface area (Å²) in [6.07, 6.45) is 7.19. The molecule has 298 valence electrons. The van der Waals surface area contributed by atoms with E-state index >= 15 is 0 Å². The number of rotatable bonds is 16. The van der Waals surface area contributed by atoms with Gasteiger partial charge in [-0.15, -0.1) is 0 Å². The molecule has 2 aliphatic heterocycles. The topological polar surface area (TPSA) is 69.8 Å². The number of aryl methyl sites for hydroxylation is 2. The van der Waals surface area contributed by atoms with Crippen molar-refractivity contribution in [3.8, 4) is 0 Å². The largest absolute Gasteiger partial charge is 0.399 e. The molecular formula is C44H74N6O3. The molecule has 0 unspecified atom stereocenters. The van der Waals surface area contributed by atoms with E-state index in [1.165, 1.54) is 36.3 Å².